The highest BCUT2D eigenvalue weighted by Crippen LogP contribution is 2.07. The van der Waals surface area contributed by atoms with Gasteiger partial charge in [-0.2, -0.15) is 0 Å². The van der Waals surface area contributed by atoms with Crippen LogP contribution in [0, 0.1) is 0 Å². The molecule has 1 rings (SSSR count). The third-order valence-electron chi connectivity index (χ3n) is 3.05. The first-order valence-electron chi connectivity index (χ1n) is 8.11. The minimum Gasteiger partial charge on any atom is -0.357 e. The Morgan fingerprint density at radius 1 is 1.13 bits per heavy atom. The zero-order valence-corrected chi connectivity index (χ0v) is 17.2. The van der Waals surface area contributed by atoms with Crippen molar-refractivity contribution in [1.82, 2.24) is 16.0 Å². The van der Waals surface area contributed by atoms with Crippen LogP contribution in [0.25, 0.3) is 0 Å². The molecule has 0 aliphatic carbocycles. The highest BCUT2D eigenvalue weighted by molar-refractivity contribution is 14.0. The molecule has 0 fully saturated rings. The molecule has 0 spiro atoms. The Morgan fingerprint density at radius 2 is 1.91 bits per heavy atom. The lowest BCUT2D eigenvalue weighted by Gasteiger charge is -2.11. The summed E-state index contributed by atoms with van der Waals surface area (Å²) in [6.45, 7) is 7.42. The molecule has 0 aliphatic rings. The second kappa shape index (κ2) is 14.7. The maximum Gasteiger partial charge on any atom is 0.261 e. The molecule has 7 heteroatoms. The Kier molecular flexibility index (Phi) is 14.2. The number of nitrogens with zero attached hydrogens (tertiary/aromatic N) is 1. The number of carbonyl (C=O) groups is 1. The van der Waals surface area contributed by atoms with E-state index in [2.05, 4.69) is 34.8 Å². The molecule has 1 heterocycles. The first-order chi connectivity index (χ1) is 10.8. The quantitative estimate of drug-likeness (QED) is 0.221. The molecular formula is C16H29IN4OS. The van der Waals surface area contributed by atoms with Gasteiger partial charge in [-0.25, -0.2) is 0 Å². The number of halogens is 1. The van der Waals surface area contributed by atoms with Crippen LogP contribution >= 0.6 is 35.3 Å². The molecule has 0 aromatic carbocycles. The number of hydrogen-bond acceptors (Lipinski definition) is 3. The summed E-state index contributed by atoms with van der Waals surface area (Å²) in [5.74, 6) is 0.867. The molecular weight excluding hydrogens is 423 g/mol. The van der Waals surface area contributed by atoms with Gasteiger partial charge in [0.25, 0.3) is 5.91 Å². The third kappa shape index (κ3) is 10.5. The average molecular weight is 452 g/mol. The van der Waals surface area contributed by atoms with E-state index in [1.165, 1.54) is 24.2 Å². The predicted molar refractivity (Wildman–Crippen MR) is 110 cm³/mol. The monoisotopic (exact) mass is 452 g/mol. The van der Waals surface area contributed by atoms with Crippen molar-refractivity contribution >= 4 is 47.2 Å². The van der Waals surface area contributed by atoms with Crippen LogP contribution in [0.15, 0.2) is 22.5 Å². The third-order valence-corrected chi connectivity index (χ3v) is 3.92. The lowest BCUT2D eigenvalue weighted by molar-refractivity contribution is 0.0957. The molecule has 1 aromatic rings. The van der Waals surface area contributed by atoms with Crippen molar-refractivity contribution in [2.45, 2.75) is 39.5 Å². The Labute approximate surface area is 160 Å². The van der Waals surface area contributed by atoms with Crippen LogP contribution in [0.5, 0.6) is 0 Å². The van der Waals surface area contributed by atoms with Crippen molar-refractivity contribution in [2.24, 2.45) is 4.99 Å². The second-order valence-electron chi connectivity index (χ2n) is 4.98. The number of unbranched alkanes of at least 4 members (excludes halogenated alkanes) is 2. The Balaban J connectivity index is 0.00000484. The normalized spacial score (nSPS) is 10.8. The topological polar surface area (TPSA) is 65.5 Å². The van der Waals surface area contributed by atoms with Gasteiger partial charge in [0.1, 0.15) is 0 Å². The minimum atomic E-state index is 0. The van der Waals surface area contributed by atoms with Crippen LogP contribution in [0.2, 0.25) is 0 Å². The maximum absolute atomic E-state index is 11.7. The number of thiophene rings is 1. The number of aliphatic imine (C=N–C) groups is 1. The summed E-state index contributed by atoms with van der Waals surface area (Å²) in [6, 6.07) is 3.72. The van der Waals surface area contributed by atoms with Gasteiger partial charge < -0.3 is 16.0 Å². The van der Waals surface area contributed by atoms with Gasteiger partial charge >= 0.3 is 0 Å². The van der Waals surface area contributed by atoms with Gasteiger partial charge in [0, 0.05) is 26.2 Å². The van der Waals surface area contributed by atoms with Crippen molar-refractivity contribution in [3.63, 3.8) is 0 Å². The summed E-state index contributed by atoms with van der Waals surface area (Å²) < 4.78 is 0. The van der Waals surface area contributed by atoms with Crippen LogP contribution in [-0.4, -0.2) is 38.0 Å². The van der Waals surface area contributed by atoms with E-state index in [-0.39, 0.29) is 29.9 Å². The summed E-state index contributed by atoms with van der Waals surface area (Å²) in [6.07, 6.45) is 4.46. The van der Waals surface area contributed by atoms with Crippen LogP contribution in [0.3, 0.4) is 0 Å². The number of nitrogens with one attached hydrogen (secondary N) is 3. The molecule has 0 saturated heterocycles. The van der Waals surface area contributed by atoms with Gasteiger partial charge in [-0.1, -0.05) is 25.8 Å². The average Bonchev–Trinajstić information content (AvgIpc) is 3.05. The standard InChI is InChI=1S/C16H28N4OS.HI/c1-3-5-6-10-19-16(17-4-2)20-12-8-11-18-15(21)14-9-7-13-22-14;/h7,9,13H,3-6,8,10-12H2,1-2H3,(H,18,21)(H2,17,19,20);1H. The van der Waals surface area contributed by atoms with Crippen LogP contribution in [0.1, 0.15) is 49.2 Å². The van der Waals surface area contributed by atoms with Crippen LogP contribution in [-0.2, 0) is 0 Å². The summed E-state index contributed by atoms with van der Waals surface area (Å²) in [5, 5.41) is 11.4. The number of carbonyl (C=O) groups excluding carboxylic acids is 1. The number of amides is 1. The highest BCUT2D eigenvalue weighted by Gasteiger charge is 2.04. The summed E-state index contributed by atoms with van der Waals surface area (Å²) in [7, 11) is 0. The minimum absolute atomic E-state index is 0. The summed E-state index contributed by atoms with van der Waals surface area (Å²) >= 11 is 1.46. The highest BCUT2D eigenvalue weighted by atomic mass is 127. The van der Waals surface area contributed by atoms with Crippen molar-refractivity contribution in [1.29, 1.82) is 0 Å². The molecule has 0 radical (unpaired) electrons. The SMILES string of the molecule is CCCCCNC(=NCCCNC(=O)c1cccs1)NCC.I. The van der Waals surface area contributed by atoms with Gasteiger partial charge in [0.2, 0.25) is 0 Å². The Hall–Kier alpha value is -0.830. The largest absolute Gasteiger partial charge is 0.357 e. The number of guanidine groups is 1. The van der Waals surface area contributed by atoms with E-state index < -0.39 is 0 Å². The van der Waals surface area contributed by atoms with Crippen molar-refractivity contribution in [2.75, 3.05) is 26.2 Å². The smallest absolute Gasteiger partial charge is 0.261 e. The molecule has 132 valence electrons. The molecule has 23 heavy (non-hydrogen) atoms. The van der Waals surface area contributed by atoms with E-state index >= 15 is 0 Å². The first kappa shape index (κ1) is 22.2. The maximum atomic E-state index is 11.7. The zero-order chi connectivity index (χ0) is 16.0. The van der Waals surface area contributed by atoms with Crippen molar-refractivity contribution in [3.8, 4) is 0 Å². The lowest BCUT2D eigenvalue weighted by Crippen LogP contribution is -2.38. The Bertz CT molecular complexity index is 437. The summed E-state index contributed by atoms with van der Waals surface area (Å²) in [4.78, 5) is 17.0. The zero-order valence-electron chi connectivity index (χ0n) is 14.1. The molecule has 0 bridgehead atoms. The molecule has 0 unspecified atom stereocenters. The molecule has 3 N–H and O–H groups in total. The summed E-state index contributed by atoms with van der Waals surface area (Å²) in [5.41, 5.74) is 0. The van der Waals surface area contributed by atoms with Gasteiger partial charge in [-0.15, -0.1) is 35.3 Å². The van der Waals surface area contributed by atoms with E-state index in [1.54, 1.807) is 0 Å². The molecule has 0 saturated carbocycles. The predicted octanol–water partition coefficient (Wildman–Crippen LogP) is 3.23. The van der Waals surface area contributed by atoms with E-state index in [0.717, 1.165) is 36.8 Å². The van der Waals surface area contributed by atoms with E-state index in [0.29, 0.717) is 13.1 Å². The van der Waals surface area contributed by atoms with Gasteiger partial charge in [0.05, 0.1) is 4.88 Å². The fourth-order valence-electron chi connectivity index (χ4n) is 1.89. The van der Waals surface area contributed by atoms with Gasteiger partial charge in [0.15, 0.2) is 5.96 Å². The Morgan fingerprint density at radius 3 is 2.57 bits per heavy atom. The fraction of sp³-hybridized carbons (Fsp3) is 0.625. The number of rotatable bonds is 10. The van der Waals surface area contributed by atoms with E-state index in [1.807, 2.05) is 17.5 Å². The van der Waals surface area contributed by atoms with Crippen LogP contribution < -0.4 is 16.0 Å². The van der Waals surface area contributed by atoms with Gasteiger partial charge in [-0.3, -0.25) is 9.79 Å². The van der Waals surface area contributed by atoms with E-state index in [9.17, 15) is 4.79 Å². The van der Waals surface area contributed by atoms with E-state index in [4.69, 9.17) is 0 Å². The molecule has 1 aromatic heterocycles. The van der Waals surface area contributed by atoms with Crippen molar-refractivity contribution < 1.29 is 4.79 Å². The lowest BCUT2D eigenvalue weighted by atomic mass is 10.2. The number of hydrogen-bond donors (Lipinski definition) is 3. The first-order valence-corrected chi connectivity index (χ1v) is 8.99. The van der Waals surface area contributed by atoms with Gasteiger partial charge in [-0.05, 0) is 31.2 Å². The molecule has 5 nitrogen and oxygen atoms in total. The van der Waals surface area contributed by atoms with Crippen LogP contribution in [0.4, 0.5) is 0 Å². The fourth-order valence-corrected chi connectivity index (χ4v) is 2.53. The molecule has 0 aliphatic heterocycles. The molecule has 1 amide bonds. The molecule has 0 atom stereocenters. The second-order valence-corrected chi connectivity index (χ2v) is 5.93. The van der Waals surface area contributed by atoms with Crippen molar-refractivity contribution in [3.05, 3.63) is 22.4 Å².